The molecule has 1 N–H and O–H groups in total. The maximum Gasteiger partial charge on any atom is 0.264 e. The van der Waals surface area contributed by atoms with Crippen molar-refractivity contribution in [3.63, 3.8) is 0 Å². The number of hydrogen-bond acceptors (Lipinski definition) is 5. The molecule has 1 aliphatic heterocycles. The number of thioether (sulfide) groups is 1. The summed E-state index contributed by atoms with van der Waals surface area (Å²) >= 11 is 19.9. The lowest BCUT2D eigenvalue weighted by molar-refractivity contribution is -0.115. The smallest absolute Gasteiger partial charge is 0.264 e. The van der Waals surface area contributed by atoms with Crippen molar-refractivity contribution in [2.75, 3.05) is 7.11 Å². The lowest BCUT2D eigenvalue weighted by Gasteiger charge is -2.14. The van der Waals surface area contributed by atoms with Gasteiger partial charge in [-0.2, -0.15) is 0 Å². The lowest BCUT2D eigenvalue weighted by atomic mass is 10.1. The van der Waals surface area contributed by atoms with Crippen LogP contribution in [0.25, 0.3) is 6.08 Å². The van der Waals surface area contributed by atoms with Crippen molar-refractivity contribution >= 4 is 69.4 Å². The summed E-state index contributed by atoms with van der Waals surface area (Å²) < 4.78 is 11.4. The molecule has 0 radical (unpaired) electrons. The van der Waals surface area contributed by atoms with Crippen LogP contribution in [0.1, 0.15) is 16.7 Å². The Morgan fingerprint density at radius 1 is 1.06 bits per heavy atom. The predicted octanol–water partition coefficient (Wildman–Crippen LogP) is 7.43. The zero-order valence-corrected chi connectivity index (χ0v) is 21.3. The quantitative estimate of drug-likeness (QED) is 0.335. The fourth-order valence-electron chi connectivity index (χ4n) is 3.24. The van der Waals surface area contributed by atoms with E-state index in [9.17, 15) is 4.79 Å². The first-order valence-electron chi connectivity index (χ1n) is 10.1. The predicted molar refractivity (Wildman–Crippen MR) is 141 cm³/mol. The minimum Gasteiger partial charge on any atom is -0.493 e. The summed E-state index contributed by atoms with van der Waals surface area (Å²) in [5.74, 6) is 0.626. The number of amides is 1. The third kappa shape index (κ3) is 5.70. The largest absolute Gasteiger partial charge is 0.493 e. The number of aryl methyl sites for hydroxylation is 1. The number of halogens is 3. The molecule has 0 saturated carbocycles. The molecule has 0 spiro atoms. The van der Waals surface area contributed by atoms with Crippen LogP contribution in [0, 0.1) is 6.92 Å². The van der Waals surface area contributed by atoms with Gasteiger partial charge in [-0.15, -0.1) is 0 Å². The number of carbonyl (C=O) groups is 1. The number of carbonyl (C=O) groups excluding carboxylic acids is 1. The van der Waals surface area contributed by atoms with Crippen molar-refractivity contribution in [3.05, 3.63) is 91.3 Å². The highest BCUT2D eigenvalue weighted by atomic mass is 35.5. The van der Waals surface area contributed by atoms with Crippen LogP contribution in [-0.2, 0) is 11.4 Å². The van der Waals surface area contributed by atoms with Gasteiger partial charge >= 0.3 is 0 Å². The zero-order chi connectivity index (χ0) is 24.2. The molecule has 174 valence electrons. The zero-order valence-electron chi connectivity index (χ0n) is 18.2. The van der Waals surface area contributed by atoms with Crippen LogP contribution >= 0.6 is 46.6 Å². The van der Waals surface area contributed by atoms with Gasteiger partial charge in [-0.1, -0.05) is 70.7 Å². The summed E-state index contributed by atoms with van der Waals surface area (Å²) in [6.07, 6.45) is 1.71. The van der Waals surface area contributed by atoms with Gasteiger partial charge in [0.25, 0.3) is 5.91 Å². The van der Waals surface area contributed by atoms with Crippen LogP contribution < -0.4 is 14.8 Å². The summed E-state index contributed by atoms with van der Waals surface area (Å²) in [4.78, 5) is 17.3. The Balaban J connectivity index is 1.55. The van der Waals surface area contributed by atoms with Gasteiger partial charge in [0, 0.05) is 0 Å². The molecule has 4 rings (SSSR count). The van der Waals surface area contributed by atoms with Gasteiger partial charge < -0.3 is 14.8 Å². The summed E-state index contributed by atoms with van der Waals surface area (Å²) in [6, 6.07) is 16.6. The maximum absolute atomic E-state index is 12.5. The summed E-state index contributed by atoms with van der Waals surface area (Å²) in [5.41, 5.74) is 3.33. The third-order valence-electron chi connectivity index (χ3n) is 4.82. The number of ether oxygens (including phenoxy) is 2. The molecular formula is C25H19Cl3N2O3S. The molecule has 3 aromatic rings. The highest BCUT2D eigenvalue weighted by molar-refractivity contribution is 8.18. The van der Waals surface area contributed by atoms with E-state index in [-0.39, 0.29) is 5.91 Å². The number of nitrogens with zero attached hydrogens (tertiary/aromatic N) is 1. The van der Waals surface area contributed by atoms with Crippen molar-refractivity contribution in [2.24, 2.45) is 4.99 Å². The molecule has 9 heteroatoms. The molecule has 1 aliphatic rings. The first-order chi connectivity index (χ1) is 16.3. The Morgan fingerprint density at radius 2 is 1.85 bits per heavy atom. The SMILES string of the molecule is COc1cc(/C=C2/SC(=Nc3cccc(Cl)c3Cl)NC2=O)cc(Cl)c1OCc1cccc(C)c1. The molecule has 0 aromatic heterocycles. The van der Waals surface area contributed by atoms with Crippen molar-refractivity contribution < 1.29 is 14.3 Å². The van der Waals surface area contributed by atoms with Crippen LogP contribution in [0.2, 0.25) is 15.1 Å². The molecule has 3 aromatic carbocycles. The number of methoxy groups -OCH3 is 1. The Kier molecular flexibility index (Phi) is 7.73. The van der Waals surface area contributed by atoms with Gasteiger partial charge in [0.15, 0.2) is 16.7 Å². The minimum absolute atomic E-state index is 0.281. The second kappa shape index (κ2) is 10.7. The average Bonchev–Trinajstić information content (AvgIpc) is 3.14. The number of rotatable bonds is 6. The van der Waals surface area contributed by atoms with E-state index >= 15 is 0 Å². The highest BCUT2D eigenvalue weighted by Gasteiger charge is 2.24. The van der Waals surface area contributed by atoms with E-state index in [1.54, 1.807) is 43.5 Å². The van der Waals surface area contributed by atoms with Gasteiger partial charge in [-0.3, -0.25) is 4.79 Å². The fraction of sp³-hybridized carbons (Fsp3) is 0.120. The van der Waals surface area contributed by atoms with Gasteiger partial charge in [0.1, 0.15) is 6.61 Å². The monoisotopic (exact) mass is 532 g/mol. The molecule has 0 atom stereocenters. The van der Waals surface area contributed by atoms with Gasteiger partial charge in [0.2, 0.25) is 0 Å². The molecule has 34 heavy (non-hydrogen) atoms. The van der Waals surface area contributed by atoms with Gasteiger partial charge in [-0.25, -0.2) is 4.99 Å². The molecule has 1 fully saturated rings. The van der Waals surface area contributed by atoms with E-state index < -0.39 is 0 Å². The molecule has 1 saturated heterocycles. The number of hydrogen-bond donors (Lipinski definition) is 1. The number of nitrogens with one attached hydrogen (secondary N) is 1. The number of amidine groups is 1. The molecule has 1 amide bonds. The van der Waals surface area contributed by atoms with E-state index in [0.717, 1.165) is 11.1 Å². The van der Waals surface area contributed by atoms with E-state index in [4.69, 9.17) is 44.3 Å². The van der Waals surface area contributed by atoms with Gasteiger partial charge in [-0.05, 0) is 60.2 Å². The summed E-state index contributed by atoms with van der Waals surface area (Å²) in [6.45, 7) is 2.37. The van der Waals surface area contributed by atoms with E-state index in [0.29, 0.717) is 54.5 Å². The summed E-state index contributed by atoms with van der Waals surface area (Å²) in [7, 11) is 1.54. The first-order valence-corrected chi connectivity index (χ1v) is 12.1. The second-order valence-electron chi connectivity index (χ2n) is 7.37. The van der Waals surface area contributed by atoms with Crippen LogP contribution in [0.15, 0.2) is 64.5 Å². The molecule has 0 unspecified atom stereocenters. The normalized spacial score (nSPS) is 15.6. The molecule has 0 bridgehead atoms. The van der Waals surface area contributed by atoms with E-state index in [1.807, 2.05) is 31.2 Å². The van der Waals surface area contributed by atoms with Crippen LogP contribution in [-0.4, -0.2) is 18.2 Å². The minimum atomic E-state index is -0.281. The topological polar surface area (TPSA) is 59.9 Å². The Morgan fingerprint density at radius 3 is 2.62 bits per heavy atom. The molecule has 5 nitrogen and oxygen atoms in total. The van der Waals surface area contributed by atoms with Crippen molar-refractivity contribution in [1.29, 1.82) is 0 Å². The second-order valence-corrected chi connectivity index (χ2v) is 9.59. The Labute approximate surface area is 216 Å². The Bertz CT molecular complexity index is 1320. The van der Waals surface area contributed by atoms with Crippen LogP contribution in [0.5, 0.6) is 11.5 Å². The Hall–Kier alpha value is -2.64. The third-order valence-corrected chi connectivity index (χ3v) is 6.82. The highest BCUT2D eigenvalue weighted by Crippen LogP contribution is 2.39. The first kappa shape index (κ1) is 24.5. The van der Waals surface area contributed by atoms with E-state index in [1.165, 1.54) is 11.8 Å². The van der Waals surface area contributed by atoms with Crippen molar-refractivity contribution in [3.8, 4) is 11.5 Å². The number of benzene rings is 3. The fourth-order valence-corrected chi connectivity index (χ4v) is 4.69. The standard InChI is InChI=1S/C25H19Cl3N2O3S/c1-14-5-3-6-15(9-14)13-33-23-18(27)10-16(11-20(23)32-2)12-21-24(31)30-25(34-21)29-19-8-4-7-17(26)22(19)28/h3-12H,13H2,1-2H3,(H,29,30,31)/b21-12+. The van der Waals surface area contributed by atoms with Crippen molar-refractivity contribution in [2.45, 2.75) is 13.5 Å². The van der Waals surface area contributed by atoms with Crippen LogP contribution in [0.3, 0.4) is 0 Å². The number of aliphatic imine (C=N–C) groups is 1. The summed E-state index contributed by atoms with van der Waals surface area (Å²) in [5, 5.41) is 4.22. The van der Waals surface area contributed by atoms with Crippen molar-refractivity contribution in [1.82, 2.24) is 5.32 Å². The lowest BCUT2D eigenvalue weighted by Crippen LogP contribution is -2.19. The molecule has 1 heterocycles. The van der Waals surface area contributed by atoms with Crippen LogP contribution in [0.4, 0.5) is 5.69 Å². The maximum atomic E-state index is 12.5. The molecule has 0 aliphatic carbocycles. The van der Waals surface area contributed by atoms with Gasteiger partial charge in [0.05, 0.1) is 32.8 Å². The van der Waals surface area contributed by atoms with E-state index in [2.05, 4.69) is 10.3 Å². The average molecular weight is 534 g/mol. The molecular weight excluding hydrogens is 515 g/mol.